The van der Waals surface area contributed by atoms with Gasteiger partial charge in [0.2, 0.25) is 16.9 Å². The SMILES string of the molecule is Cc1ccc(N2CC(C(=O)Nc3nnc(CS(=O)(=O)c4ccccc4)s3)CC2=O)c(C)c1. The zero-order valence-electron chi connectivity index (χ0n) is 17.6. The lowest BCUT2D eigenvalue weighted by atomic mass is 10.1. The van der Waals surface area contributed by atoms with Crippen LogP contribution in [0.15, 0.2) is 53.4 Å². The van der Waals surface area contributed by atoms with Gasteiger partial charge in [0.05, 0.1) is 10.8 Å². The van der Waals surface area contributed by atoms with Crippen LogP contribution in [0, 0.1) is 19.8 Å². The van der Waals surface area contributed by atoms with Crippen LogP contribution in [0.3, 0.4) is 0 Å². The quantitative estimate of drug-likeness (QED) is 0.593. The number of aromatic nitrogens is 2. The van der Waals surface area contributed by atoms with Gasteiger partial charge < -0.3 is 10.2 Å². The van der Waals surface area contributed by atoms with E-state index < -0.39 is 15.8 Å². The molecule has 8 nitrogen and oxygen atoms in total. The average molecular weight is 471 g/mol. The molecule has 1 aliphatic rings. The Balaban J connectivity index is 1.41. The van der Waals surface area contributed by atoms with Crippen LogP contribution < -0.4 is 10.2 Å². The number of nitrogens with one attached hydrogen (secondary N) is 1. The van der Waals surface area contributed by atoms with Gasteiger partial charge in [0.25, 0.3) is 0 Å². The number of hydrogen-bond donors (Lipinski definition) is 1. The second-order valence-corrected chi connectivity index (χ2v) is 10.8. The fraction of sp³-hybridized carbons (Fsp3) is 0.273. The van der Waals surface area contributed by atoms with Crippen LogP contribution in [0.1, 0.15) is 22.6 Å². The molecular weight excluding hydrogens is 448 g/mol. The maximum absolute atomic E-state index is 12.7. The molecule has 1 unspecified atom stereocenters. The van der Waals surface area contributed by atoms with Crippen molar-refractivity contribution in [3.8, 4) is 0 Å². The number of nitrogens with zero attached hydrogens (tertiary/aromatic N) is 3. The fourth-order valence-electron chi connectivity index (χ4n) is 3.67. The van der Waals surface area contributed by atoms with Crippen LogP contribution in [-0.2, 0) is 25.2 Å². The van der Waals surface area contributed by atoms with Crippen molar-refractivity contribution in [3.05, 3.63) is 64.7 Å². The summed E-state index contributed by atoms with van der Waals surface area (Å²) < 4.78 is 25.0. The van der Waals surface area contributed by atoms with E-state index >= 15 is 0 Å². The highest BCUT2D eigenvalue weighted by atomic mass is 32.2. The van der Waals surface area contributed by atoms with Crippen molar-refractivity contribution in [1.29, 1.82) is 0 Å². The van der Waals surface area contributed by atoms with Crippen molar-refractivity contribution in [1.82, 2.24) is 10.2 Å². The van der Waals surface area contributed by atoms with Crippen LogP contribution in [0.25, 0.3) is 0 Å². The van der Waals surface area contributed by atoms with E-state index in [2.05, 4.69) is 15.5 Å². The first-order valence-electron chi connectivity index (χ1n) is 10.0. The monoisotopic (exact) mass is 470 g/mol. The van der Waals surface area contributed by atoms with E-state index in [-0.39, 0.29) is 45.6 Å². The maximum Gasteiger partial charge on any atom is 0.231 e. The van der Waals surface area contributed by atoms with E-state index in [0.29, 0.717) is 0 Å². The molecule has 0 saturated carbocycles. The fourth-order valence-corrected chi connectivity index (χ4v) is 6.03. The van der Waals surface area contributed by atoms with Gasteiger partial charge in [0.1, 0.15) is 10.8 Å². The standard InChI is InChI=1S/C22H22N4O4S2/c1-14-8-9-18(15(2)10-14)26-12-16(11-20(26)27)21(28)23-22-25-24-19(31-22)13-32(29,30)17-6-4-3-5-7-17/h3-10,16H,11-13H2,1-2H3,(H,23,25,28). The van der Waals surface area contributed by atoms with Gasteiger partial charge in [0, 0.05) is 18.7 Å². The third-order valence-electron chi connectivity index (χ3n) is 5.25. The zero-order chi connectivity index (χ0) is 22.9. The number of carbonyl (C=O) groups excluding carboxylic acids is 2. The van der Waals surface area contributed by atoms with Crippen molar-refractivity contribution < 1.29 is 18.0 Å². The van der Waals surface area contributed by atoms with Gasteiger partial charge in [-0.05, 0) is 37.6 Å². The molecule has 2 heterocycles. The molecule has 166 valence electrons. The van der Waals surface area contributed by atoms with Crippen LogP contribution in [0.5, 0.6) is 0 Å². The van der Waals surface area contributed by atoms with Gasteiger partial charge in [-0.2, -0.15) is 0 Å². The predicted molar refractivity (Wildman–Crippen MR) is 122 cm³/mol. The van der Waals surface area contributed by atoms with Crippen LogP contribution in [-0.4, -0.2) is 37.0 Å². The van der Waals surface area contributed by atoms with E-state index in [1.165, 1.54) is 12.1 Å². The summed E-state index contributed by atoms with van der Waals surface area (Å²) in [4.78, 5) is 27.1. The van der Waals surface area contributed by atoms with E-state index in [4.69, 9.17) is 0 Å². The third-order valence-corrected chi connectivity index (χ3v) is 7.92. The molecule has 0 bridgehead atoms. The summed E-state index contributed by atoms with van der Waals surface area (Å²) in [6.07, 6.45) is 0.104. The lowest BCUT2D eigenvalue weighted by Gasteiger charge is -2.19. The van der Waals surface area contributed by atoms with E-state index in [0.717, 1.165) is 28.2 Å². The number of amides is 2. The molecule has 1 N–H and O–H groups in total. The molecular formula is C22H22N4O4S2. The second kappa shape index (κ2) is 8.79. The lowest BCUT2D eigenvalue weighted by molar-refractivity contribution is -0.122. The lowest BCUT2D eigenvalue weighted by Crippen LogP contribution is -2.28. The van der Waals surface area contributed by atoms with E-state index in [9.17, 15) is 18.0 Å². The maximum atomic E-state index is 12.7. The van der Waals surface area contributed by atoms with Crippen LogP contribution in [0.2, 0.25) is 0 Å². The minimum absolute atomic E-state index is 0.104. The first-order valence-corrected chi connectivity index (χ1v) is 12.5. The zero-order valence-corrected chi connectivity index (χ0v) is 19.2. The number of carbonyl (C=O) groups is 2. The molecule has 0 spiro atoms. The summed E-state index contributed by atoms with van der Waals surface area (Å²) in [5, 5.41) is 11.0. The summed E-state index contributed by atoms with van der Waals surface area (Å²) in [6, 6.07) is 13.9. The molecule has 0 radical (unpaired) electrons. The number of benzene rings is 2. The van der Waals surface area contributed by atoms with Gasteiger partial charge in [-0.1, -0.05) is 47.2 Å². The molecule has 4 rings (SSSR count). The Morgan fingerprint density at radius 2 is 1.91 bits per heavy atom. The minimum Gasteiger partial charge on any atom is -0.311 e. The topological polar surface area (TPSA) is 109 Å². The molecule has 1 atom stereocenters. The number of hydrogen-bond acceptors (Lipinski definition) is 7. The molecule has 1 saturated heterocycles. The van der Waals surface area contributed by atoms with Gasteiger partial charge in [-0.25, -0.2) is 8.42 Å². The molecule has 32 heavy (non-hydrogen) atoms. The Hall–Kier alpha value is -3.11. The number of sulfone groups is 1. The summed E-state index contributed by atoms with van der Waals surface area (Å²) in [7, 11) is -3.55. The number of aryl methyl sites for hydroxylation is 2. The Bertz CT molecular complexity index is 1270. The van der Waals surface area contributed by atoms with Gasteiger partial charge >= 0.3 is 0 Å². The van der Waals surface area contributed by atoms with Crippen LogP contribution in [0.4, 0.5) is 10.8 Å². The molecule has 1 aliphatic heterocycles. The van der Waals surface area contributed by atoms with Crippen molar-refractivity contribution in [2.75, 3.05) is 16.8 Å². The summed E-state index contributed by atoms with van der Waals surface area (Å²) in [5.41, 5.74) is 2.89. The van der Waals surface area contributed by atoms with Crippen molar-refractivity contribution in [2.24, 2.45) is 5.92 Å². The highest BCUT2D eigenvalue weighted by Gasteiger charge is 2.36. The van der Waals surface area contributed by atoms with Crippen molar-refractivity contribution in [2.45, 2.75) is 30.9 Å². The van der Waals surface area contributed by atoms with Gasteiger partial charge in [0.15, 0.2) is 9.84 Å². The largest absolute Gasteiger partial charge is 0.311 e. The predicted octanol–water partition coefficient (Wildman–Crippen LogP) is 3.12. The Kier molecular flexibility index (Phi) is 6.07. The van der Waals surface area contributed by atoms with Gasteiger partial charge in [-0.15, -0.1) is 10.2 Å². The normalized spacial score (nSPS) is 16.4. The first kappa shape index (κ1) is 22.1. The van der Waals surface area contributed by atoms with Crippen molar-refractivity contribution in [3.63, 3.8) is 0 Å². The molecule has 10 heteroatoms. The molecule has 3 aromatic rings. The second-order valence-electron chi connectivity index (χ2n) is 7.76. The first-order chi connectivity index (χ1) is 15.2. The molecule has 2 aromatic carbocycles. The van der Waals surface area contributed by atoms with E-state index in [1.54, 1.807) is 23.1 Å². The molecule has 1 aromatic heterocycles. The average Bonchev–Trinajstić information content (AvgIpc) is 3.34. The van der Waals surface area contributed by atoms with Crippen LogP contribution >= 0.6 is 11.3 Å². The Labute approximate surface area is 190 Å². The smallest absolute Gasteiger partial charge is 0.231 e. The summed E-state index contributed by atoms with van der Waals surface area (Å²) in [5.74, 6) is -1.26. The third kappa shape index (κ3) is 4.71. The van der Waals surface area contributed by atoms with E-state index in [1.807, 2.05) is 32.0 Å². The minimum atomic E-state index is -3.55. The molecule has 1 fully saturated rings. The van der Waals surface area contributed by atoms with Gasteiger partial charge in [-0.3, -0.25) is 9.59 Å². The summed E-state index contributed by atoms with van der Waals surface area (Å²) >= 11 is 1.01. The Morgan fingerprint density at radius 3 is 2.62 bits per heavy atom. The van der Waals surface area contributed by atoms with Crippen molar-refractivity contribution >= 4 is 43.8 Å². The molecule has 0 aliphatic carbocycles. The number of rotatable bonds is 6. The summed E-state index contributed by atoms with van der Waals surface area (Å²) in [6.45, 7) is 4.21. The highest BCUT2D eigenvalue weighted by Crippen LogP contribution is 2.29. The Morgan fingerprint density at radius 1 is 1.16 bits per heavy atom. The molecule has 2 amide bonds. The highest BCUT2D eigenvalue weighted by molar-refractivity contribution is 7.90. The number of anilines is 2.